The van der Waals surface area contributed by atoms with Crippen molar-refractivity contribution < 1.29 is 28.6 Å². The zero-order chi connectivity index (χ0) is 49.3. The van der Waals surface area contributed by atoms with Crippen LogP contribution in [0.15, 0.2) is 60.8 Å². The SMILES string of the molecule is CCCCC/C=C\C/C=C\C/C=C\CCCCCCCCC(=O)OC(COC(=O)CCCCCCCC)COC(=O)CCCCCCCCCCCCCCC/C=C\C/C=C\CCCCCCC. The third kappa shape index (κ3) is 54.1. The van der Waals surface area contributed by atoms with Gasteiger partial charge in [0, 0.05) is 19.3 Å². The molecule has 1 unspecified atom stereocenters. The zero-order valence-corrected chi connectivity index (χ0v) is 45.1. The molecule has 0 aliphatic rings. The molecule has 0 N–H and O–H groups in total. The van der Waals surface area contributed by atoms with Crippen molar-refractivity contribution in [1.82, 2.24) is 0 Å². The number of hydrogen-bond donors (Lipinski definition) is 0. The highest BCUT2D eigenvalue weighted by atomic mass is 16.6. The van der Waals surface area contributed by atoms with Crippen molar-refractivity contribution in [2.24, 2.45) is 0 Å². The van der Waals surface area contributed by atoms with Gasteiger partial charge in [-0.15, -0.1) is 0 Å². The first-order valence-electron chi connectivity index (χ1n) is 29.3. The molecule has 0 saturated heterocycles. The van der Waals surface area contributed by atoms with Crippen LogP contribution in [0.25, 0.3) is 0 Å². The van der Waals surface area contributed by atoms with Gasteiger partial charge in [-0.25, -0.2) is 0 Å². The van der Waals surface area contributed by atoms with Gasteiger partial charge < -0.3 is 14.2 Å². The number of esters is 3. The summed E-state index contributed by atoms with van der Waals surface area (Å²) in [5.74, 6) is -0.892. The summed E-state index contributed by atoms with van der Waals surface area (Å²) in [5.41, 5.74) is 0. The van der Waals surface area contributed by atoms with E-state index in [1.165, 1.54) is 167 Å². The van der Waals surface area contributed by atoms with Gasteiger partial charge in [0.1, 0.15) is 13.2 Å². The molecule has 0 radical (unpaired) electrons. The van der Waals surface area contributed by atoms with Crippen molar-refractivity contribution in [3.8, 4) is 0 Å². The minimum absolute atomic E-state index is 0.0784. The van der Waals surface area contributed by atoms with Gasteiger partial charge >= 0.3 is 17.9 Å². The summed E-state index contributed by atoms with van der Waals surface area (Å²) >= 11 is 0. The fourth-order valence-corrected chi connectivity index (χ4v) is 8.30. The van der Waals surface area contributed by atoms with Crippen LogP contribution in [-0.4, -0.2) is 37.2 Å². The maximum atomic E-state index is 12.8. The number of allylic oxidation sites excluding steroid dienone is 10. The normalized spacial score (nSPS) is 12.5. The Bertz CT molecular complexity index is 1230. The Labute approximate surface area is 421 Å². The molecule has 0 aromatic carbocycles. The van der Waals surface area contributed by atoms with E-state index in [1.807, 2.05) is 0 Å². The first-order valence-corrected chi connectivity index (χ1v) is 29.3. The van der Waals surface area contributed by atoms with Crippen molar-refractivity contribution in [2.45, 2.75) is 303 Å². The maximum Gasteiger partial charge on any atom is 0.306 e. The molecule has 6 nitrogen and oxygen atoms in total. The molecular formula is C62H110O6. The van der Waals surface area contributed by atoms with Crippen LogP contribution >= 0.6 is 0 Å². The quantitative estimate of drug-likeness (QED) is 0.0262. The first kappa shape index (κ1) is 65.1. The summed E-state index contributed by atoms with van der Waals surface area (Å²) in [4.78, 5) is 37.9. The molecule has 68 heavy (non-hydrogen) atoms. The molecule has 0 fully saturated rings. The zero-order valence-electron chi connectivity index (χ0n) is 45.1. The van der Waals surface area contributed by atoms with Crippen LogP contribution in [-0.2, 0) is 28.6 Å². The molecule has 0 aromatic rings. The molecule has 0 bridgehead atoms. The number of unbranched alkanes of at least 4 members (excludes halogenated alkanes) is 32. The molecule has 0 spiro atoms. The second kappa shape index (κ2) is 56.7. The van der Waals surface area contributed by atoms with Gasteiger partial charge in [0.05, 0.1) is 0 Å². The lowest BCUT2D eigenvalue weighted by Gasteiger charge is -2.18. The molecular weight excluding hydrogens is 841 g/mol. The fraction of sp³-hybridized carbons (Fsp3) is 0.790. The van der Waals surface area contributed by atoms with Crippen LogP contribution in [0.4, 0.5) is 0 Å². The monoisotopic (exact) mass is 951 g/mol. The molecule has 0 aromatic heterocycles. The minimum Gasteiger partial charge on any atom is -0.462 e. The lowest BCUT2D eigenvalue weighted by Crippen LogP contribution is -2.30. The van der Waals surface area contributed by atoms with Crippen LogP contribution in [0.5, 0.6) is 0 Å². The van der Waals surface area contributed by atoms with E-state index in [1.54, 1.807) is 0 Å². The van der Waals surface area contributed by atoms with E-state index in [9.17, 15) is 14.4 Å². The molecule has 0 heterocycles. The average molecular weight is 952 g/mol. The lowest BCUT2D eigenvalue weighted by atomic mass is 10.0. The number of hydrogen-bond acceptors (Lipinski definition) is 6. The van der Waals surface area contributed by atoms with Crippen molar-refractivity contribution in [3.05, 3.63) is 60.8 Å². The minimum atomic E-state index is -0.778. The predicted octanol–water partition coefficient (Wildman–Crippen LogP) is 19.6. The van der Waals surface area contributed by atoms with Crippen LogP contribution in [0, 0.1) is 0 Å². The maximum absolute atomic E-state index is 12.8. The van der Waals surface area contributed by atoms with Gasteiger partial charge in [0.15, 0.2) is 6.10 Å². The Morgan fingerprint density at radius 3 is 0.853 bits per heavy atom. The second-order valence-electron chi connectivity index (χ2n) is 19.6. The van der Waals surface area contributed by atoms with E-state index in [0.717, 1.165) is 89.9 Å². The standard InChI is InChI=1S/C62H110O6/c1-4-7-10-13-16-18-20-22-24-26-28-29-30-31-32-33-35-36-38-40-42-44-46-49-52-55-61(64)67-58-59(57-66-60(63)54-51-48-15-12-9-6-3)68-62(65)56-53-50-47-45-43-41-39-37-34-27-25-23-21-19-17-14-11-8-5-2/h17,19-20,22-23,25-26,28,34,37,59H,4-16,18,21,24,27,29-33,35-36,38-58H2,1-3H3/b19-17-,22-20-,25-23-,28-26-,37-34-. The van der Waals surface area contributed by atoms with E-state index >= 15 is 0 Å². The molecule has 6 heteroatoms. The summed E-state index contributed by atoms with van der Waals surface area (Å²) in [5, 5.41) is 0. The second-order valence-corrected chi connectivity index (χ2v) is 19.6. The van der Waals surface area contributed by atoms with E-state index < -0.39 is 6.10 Å². The molecule has 0 aliphatic heterocycles. The highest BCUT2D eigenvalue weighted by molar-refractivity contribution is 5.71. The van der Waals surface area contributed by atoms with Crippen LogP contribution < -0.4 is 0 Å². The molecule has 0 amide bonds. The summed E-state index contributed by atoms with van der Waals surface area (Å²) in [6.07, 6.45) is 71.0. The molecule has 394 valence electrons. The predicted molar refractivity (Wildman–Crippen MR) is 293 cm³/mol. The lowest BCUT2D eigenvalue weighted by molar-refractivity contribution is -0.167. The van der Waals surface area contributed by atoms with E-state index in [-0.39, 0.29) is 31.1 Å². The Balaban J connectivity index is 4.13. The Morgan fingerprint density at radius 2 is 0.529 bits per heavy atom. The Morgan fingerprint density at radius 1 is 0.294 bits per heavy atom. The fourth-order valence-electron chi connectivity index (χ4n) is 8.30. The van der Waals surface area contributed by atoms with Crippen LogP contribution in [0.3, 0.4) is 0 Å². The van der Waals surface area contributed by atoms with E-state index in [4.69, 9.17) is 14.2 Å². The number of rotatable bonds is 53. The smallest absolute Gasteiger partial charge is 0.306 e. The first-order chi connectivity index (χ1) is 33.5. The number of carbonyl (C=O) groups excluding carboxylic acids is 3. The van der Waals surface area contributed by atoms with Gasteiger partial charge in [0.25, 0.3) is 0 Å². The van der Waals surface area contributed by atoms with Gasteiger partial charge in [-0.2, -0.15) is 0 Å². The van der Waals surface area contributed by atoms with E-state index in [0.29, 0.717) is 19.3 Å². The van der Waals surface area contributed by atoms with Crippen molar-refractivity contribution >= 4 is 17.9 Å². The third-order valence-electron chi connectivity index (χ3n) is 12.7. The van der Waals surface area contributed by atoms with Gasteiger partial charge in [-0.1, -0.05) is 248 Å². The highest BCUT2D eigenvalue weighted by Crippen LogP contribution is 2.16. The average Bonchev–Trinajstić information content (AvgIpc) is 3.34. The van der Waals surface area contributed by atoms with Crippen LogP contribution in [0.2, 0.25) is 0 Å². The summed E-state index contributed by atoms with van der Waals surface area (Å²) in [7, 11) is 0. The highest BCUT2D eigenvalue weighted by Gasteiger charge is 2.19. The van der Waals surface area contributed by atoms with Gasteiger partial charge in [0.2, 0.25) is 0 Å². The number of carbonyl (C=O) groups is 3. The topological polar surface area (TPSA) is 78.9 Å². The Hall–Kier alpha value is -2.89. The van der Waals surface area contributed by atoms with Gasteiger partial charge in [-0.05, 0) is 89.9 Å². The van der Waals surface area contributed by atoms with Gasteiger partial charge in [-0.3, -0.25) is 14.4 Å². The molecule has 0 rings (SSSR count). The molecule has 0 saturated carbocycles. The summed E-state index contributed by atoms with van der Waals surface area (Å²) < 4.78 is 16.8. The largest absolute Gasteiger partial charge is 0.462 e. The third-order valence-corrected chi connectivity index (χ3v) is 12.7. The van der Waals surface area contributed by atoms with Crippen molar-refractivity contribution in [1.29, 1.82) is 0 Å². The summed E-state index contributed by atoms with van der Waals surface area (Å²) in [6, 6.07) is 0. The van der Waals surface area contributed by atoms with Crippen molar-refractivity contribution in [2.75, 3.05) is 13.2 Å². The van der Waals surface area contributed by atoms with Crippen LogP contribution in [0.1, 0.15) is 297 Å². The Kier molecular flexibility index (Phi) is 54.3. The molecule has 1 atom stereocenters. The van der Waals surface area contributed by atoms with E-state index in [2.05, 4.69) is 81.5 Å². The summed E-state index contributed by atoms with van der Waals surface area (Å²) in [6.45, 7) is 6.55. The van der Waals surface area contributed by atoms with Crippen molar-refractivity contribution in [3.63, 3.8) is 0 Å². The molecule has 0 aliphatic carbocycles. The number of ether oxygens (including phenoxy) is 3.